The Balaban J connectivity index is 1.70. The summed E-state index contributed by atoms with van der Waals surface area (Å²) in [6.45, 7) is 7.80. The summed E-state index contributed by atoms with van der Waals surface area (Å²) in [7, 11) is -3.70. The van der Waals surface area contributed by atoms with E-state index in [0.29, 0.717) is 16.5 Å². The minimum Gasteiger partial charge on any atom is -0.332 e. The molecular weight excluding hydrogens is 414 g/mol. The lowest BCUT2D eigenvalue weighted by Gasteiger charge is -2.15. The Hall–Kier alpha value is -2.90. The highest BCUT2D eigenvalue weighted by Gasteiger charge is 2.17. The molecule has 0 saturated heterocycles. The number of sulfonamides is 1. The molecule has 0 amide bonds. The average Bonchev–Trinajstić information content (AvgIpc) is 2.67. The van der Waals surface area contributed by atoms with E-state index in [1.54, 1.807) is 24.3 Å². The number of aryl methyl sites for hydroxylation is 4. The van der Waals surface area contributed by atoms with Crippen LogP contribution in [-0.2, 0) is 10.0 Å². The molecule has 0 bridgehead atoms. The molecule has 3 aromatic carbocycles. The van der Waals surface area contributed by atoms with E-state index in [-0.39, 0.29) is 4.90 Å². The Morgan fingerprint density at radius 1 is 0.733 bits per heavy atom. The molecule has 156 valence electrons. The van der Waals surface area contributed by atoms with Crippen molar-refractivity contribution in [3.05, 3.63) is 82.9 Å². The molecule has 7 heteroatoms. The fourth-order valence-electron chi connectivity index (χ4n) is 3.18. The van der Waals surface area contributed by atoms with Crippen molar-refractivity contribution in [1.82, 2.24) is 0 Å². The maximum atomic E-state index is 12.8. The van der Waals surface area contributed by atoms with Crippen molar-refractivity contribution in [1.29, 1.82) is 0 Å². The van der Waals surface area contributed by atoms with Gasteiger partial charge in [-0.3, -0.25) is 4.72 Å². The first-order valence-corrected chi connectivity index (χ1v) is 11.4. The van der Waals surface area contributed by atoms with Crippen molar-refractivity contribution in [2.45, 2.75) is 32.6 Å². The molecule has 0 fully saturated rings. The fraction of sp³-hybridized carbons (Fsp3) is 0.174. The minimum absolute atomic E-state index is 0.185. The number of benzene rings is 3. The third-order valence-electron chi connectivity index (χ3n) is 4.65. The molecular formula is C23H25N3O2S2. The Bertz CT molecular complexity index is 1150. The summed E-state index contributed by atoms with van der Waals surface area (Å²) >= 11 is 5.33. The van der Waals surface area contributed by atoms with Crippen molar-refractivity contribution >= 4 is 44.4 Å². The van der Waals surface area contributed by atoms with Gasteiger partial charge in [-0.05, 0) is 87.4 Å². The zero-order valence-electron chi connectivity index (χ0n) is 17.4. The Labute approximate surface area is 183 Å². The second kappa shape index (κ2) is 8.85. The van der Waals surface area contributed by atoms with E-state index < -0.39 is 10.0 Å². The minimum atomic E-state index is -3.70. The maximum Gasteiger partial charge on any atom is 0.261 e. The van der Waals surface area contributed by atoms with Gasteiger partial charge in [0, 0.05) is 11.4 Å². The van der Waals surface area contributed by atoms with Crippen LogP contribution in [0.4, 0.5) is 17.1 Å². The van der Waals surface area contributed by atoms with Gasteiger partial charge < -0.3 is 10.6 Å². The molecule has 0 atom stereocenters. The summed E-state index contributed by atoms with van der Waals surface area (Å²) in [6, 6.07) is 18.3. The van der Waals surface area contributed by atoms with E-state index >= 15 is 0 Å². The smallest absolute Gasteiger partial charge is 0.261 e. The molecule has 0 saturated carbocycles. The molecule has 30 heavy (non-hydrogen) atoms. The second-order valence-corrected chi connectivity index (χ2v) is 9.44. The molecule has 0 heterocycles. The number of nitrogens with one attached hydrogen (secondary N) is 3. The van der Waals surface area contributed by atoms with Crippen LogP contribution in [0.3, 0.4) is 0 Å². The fourth-order valence-corrected chi connectivity index (χ4v) is 4.62. The molecule has 0 aromatic heterocycles. The van der Waals surface area contributed by atoms with Crippen LogP contribution < -0.4 is 15.4 Å². The first-order chi connectivity index (χ1) is 14.1. The monoisotopic (exact) mass is 439 g/mol. The summed E-state index contributed by atoms with van der Waals surface area (Å²) in [5.41, 5.74) is 6.24. The summed E-state index contributed by atoms with van der Waals surface area (Å²) < 4.78 is 28.4. The Morgan fingerprint density at radius 3 is 1.70 bits per heavy atom. The van der Waals surface area contributed by atoms with E-state index in [4.69, 9.17) is 12.2 Å². The maximum absolute atomic E-state index is 12.8. The van der Waals surface area contributed by atoms with Crippen LogP contribution in [0.25, 0.3) is 0 Å². The summed E-state index contributed by atoms with van der Waals surface area (Å²) in [5, 5.41) is 6.59. The first-order valence-electron chi connectivity index (χ1n) is 9.49. The molecule has 0 unspecified atom stereocenters. The number of hydrogen-bond donors (Lipinski definition) is 3. The van der Waals surface area contributed by atoms with E-state index in [1.165, 1.54) is 5.56 Å². The SMILES string of the molecule is Cc1ccc(NC(=S)Nc2ccc(S(=O)(=O)Nc3c(C)cc(C)cc3C)cc2)cc1. The molecule has 0 spiro atoms. The molecule has 5 nitrogen and oxygen atoms in total. The summed E-state index contributed by atoms with van der Waals surface area (Å²) in [6.07, 6.45) is 0. The molecule has 3 aromatic rings. The molecule has 0 aliphatic carbocycles. The lowest BCUT2D eigenvalue weighted by atomic mass is 10.1. The van der Waals surface area contributed by atoms with Crippen molar-refractivity contribution in [2.24, 2.45) is 0 Å². The van der Waals surface area contributed by atoms with Gasteiger partial charge in [0.2, 0.25) is 0 Å². The lowest BCUT2D eigenvalue weighted by molar-refractivity contribution is 0.601. The standard InChI is InChI=1S/C23H25N3O2S2/c1-15-5-7-19(8-6-15)24-23(29)25-20-9-11-21(12-10-20)30(27,28)26-22-17(3)13-16(2)14-18(22)4/h5-14,26H,1-4H3,(H2,24,25,29). The van der Waals surface area contributed by atoms with Crippen molar-refractivity contribution in [2.75, 3.05) is 15.4 Å². The number of thiocarbonyl (C=S) groups is 1. The topological polar surface area (TPSA) is 70.2 Å². The van der Waals surface area contributed by atoms with Gasteiger partial charge in [-0.25, -0.2) is 8.42 Å². The zero-order chi connectivity index (χ0) is 21.9. The van der Waals surface area contributed by atoms with Gasteiger partial charge in [0.05, 0.1) is 10.6 Å². The molecule has 0 aliphatic heterocycles. The third-order valence-corrected chi connectivity index (χ3v) is 6.22. The highest BCUT2D eigenvalue weighted by atomic mass is 32.2. The largest absolute Gasteiger partial charge is 0.332 e. The average molecular weight is 440 g/mol. The highest BCUT2D eigenvalue weighted by Crippen LogP contribution is 2.25. The molecule has 3 N–H and O–H groups in total. The van der Waals surface area contributed by atoms with E-state index in [1.807, 2.05) is 64.1 Å². The van der Waals surface area contributed by atoms with Crippen molar-refractivity contribution in [3.63, 3.8) is 0 Å². The molecule has 3 rings (SSSR count). The predicted octanol–water partition coefficient (Wildman–Crippen LogP) is 5.53. The number of hydrogen-bond acceptors (Lipinski definition) is 3. The van der Waals surface area contributed by atoms with Crippen LogP contribution in [0, 0.1) is 27.7 Å². The zero-order valence-corrected chi connectivity index (χ0v) is 19.0. The summed E-state index contributed by atoms with van der Waals surface area (Å²) in [5.74, 6) is 0. The Morgan fingerprint density at radius 2 is 1.20 bits per heavy atom. The summed E-state index contributed by atoms with van der Waals surface area (Å²) in [4.78, 5) is 0.185. The Kier molecular flexibility index (Phi) is 6.43. The van der Waals surface area contributed by atoms with Crippen molar-refractivity contribution in [3.8, 4) is 0 Å². The second-order valence-electron chi connectivity index (χ2n) is 7.35. The van der Waals surface area contributed by atoms with Crippen LogP contribution in [0.2, 0.25) is 0 Å². The van der Waals surface area contributed by atoms with Crippen molar-refractivity contribution < 1.29 is 8.42 Å². The quantitative estimate of drug-likeness (QED) is 0.456. The van der Waals surface area contributed by atoms with E-state index in [2.05, 4.69) is 15.4 Å². The number of rotatable bonds is 5. The normalized spacial score (nSPS) is 11.1. The first kappa shape index (κ1) is 21.8. The highest BCUT2D eigenvalue weighted by molar-refractivity contribution is 7.92. The van der Waals surface area contributed by atoms with Gasteiger partial charge in [0.25, 0.3) is 10.0 Å². The van der Waals surface area contributed by atoms with Gasteiger partial charge >= 0.3 is 0 Å². The molecule has 0 aliphatic rings. The van der Waals surface area contributed by atoms with E-state index in [0.717, 1.165) is 22.4 Å². The lowest BCUT2D eigenvalue weighted by Crippen LogP contribution is -2.19. The number of anilines is 3. The van der Waals surface area contributed by atoms with Crippen LogP contribution in [0.5, 0.6) is 0 Å². The van der Waals surface area contributed by atoms with Crippen LogP contribution in [0.1, 0.15) is 22.3 Å². The van der Waals surface area contributed by atoms with Gasteiger partial charge in [-0.2, -0.15) is 0 Å². The van der Waals surface area contributed by atoms with Gasteiger partial charge in [0.15, 0.2) is 5.11 Å². The van der Waals surface area contributed by atoms with Crippen LogP contribution in [0.15, 0.2) is 65.6 Å². The molecule has 0 radical (unpaired) electrons. The van der Waals surface area contributed by atoms with Gasteiger partial charge in [-0.1, -0.05) is 35.4 Å². The van der Waals surface area contributed by atoms with Crippen LogP contribution >= 0.6 is 12.2 Å². The predicted molar refractivity (Wildman–Crippen MR) is 129 cm³/mol. The van der Waals surface area contributed by atoms with Crippen LogP contribution in [-0.4, -0.2) is 13.5 Å². The van der Waals surface area contributed by atoms with Gasteiger partial charge in [0.1, 0.15) is 0 Å². The van der Waals surface area contributed by atoms with E-state index in [9.17, 15) is 8.42 Å². The van der Waals surface area contributed by atoms with Gasteiger partial charge in [-0.15, -0.1) is 0 Å². The third kappa shape index (κ3) is 5.37.